The Bertz CT molecular complexity index is 1120. The van der Waals surface area contributed by atoms with E-state index in [1.807, 2.05) is 0 Å². The summed E-state index contributed by atoms with van der Waals surface area (Å²) in [7, 11) is 0. The van der Waals surface area contributed by atoms with Crippen LogP contribution in [0.4, 0.5) is 0 Å². The summed E-state index contributed by atoms with van der Waals surface area (Å²) in [4.78, 5) is 5.21. The summed E-state index contributed by atoms with van der Waals surface area (Å²) in [5.41, 5.74) is 18.9. The SMILES string of the molecule is Cc1cc(C)cc(C(=N/C(=C\N)c2cc(C)ccc2C)C(C)c2cc(C)cc(C)c2)c1. The van der Waals surface area contributed by atoms with Crippen LogP contribution in [0, 0.1) is 41.5 Å². The average molecular weight is 411 g/mol. The highest BCUT2D eigenvalue weighted by Crippen LogP contribution is 2.29. The van der Waals surface area contributed by atoms with Crippen LogP contribution >= 0.6 is 0 Å². The molecular formula is C29H34N2. The maximum atomic E-state index is 6.13. The predicted octanol–water partition coefficient (Wildman–Crippen LogP) is 7.09. The summed E-state index contributed by atoms with van der Waals surface area (Å²) in [6, 6.07) is 19.8. The molecule has 160 valence electrons. The molecule has 0 amide bonds. The second-order valence-corrected chi connectivity index (χ2v) is 8.89. The Kier molecular flexibility index (Phi) is 6.80. The van der Waals surface area contributed by atoms with Crippen molar-refractivity contribution in [1.82, 2.24) is 0 Å². The van der Waals surface area contributed by atoms with Gasteiger partial charge in [0.15, 0.2) is 0 Å². The number of benzene rings is 3. The zero-order valence-corrected chi connectivity index (χ0v) is 19.9. The molecule has 0 bridgehead atoms. The van der Waals surface area contributed by atoms with E-state index in [1.54, 1.807) is 6.20 Å². The first kappa shape index (κ1) is 22.6. The lowest BCUT2D eigenvalue weighted by molar-refractivity contribution is 1.01. The first-order valence-electron chi connectivity index (χ1n) is 10.9. The summed E-state index contributed by atoms with van der Waals surface area (Å²) < 4.78 is 0. The Morgan fingerprint density at radius 3 is 1.84 bits per heavy atom. The molecule has 2 N–H and O–H groups in total. The molecule has 0 fully saturated rings. The maximum absolute atomic E-state index is 6.13. The van der Waals surface area contributed by atoms with Crippen molar-refractivity contribution in [2.75, 3.05) is 0 Å². The van der Waals surface area contributed by atoms with E-state index >= 15 is 0 Å². The van der Waals surface area contributed by atoms with E-state index in [0.29, 0.717) is 0 Å². The minimum absolute atomic E-state index is 0.125. The van der Waals surface area contributed by atoms with Crippen LogP contribution < -0.4 is 5.73 Å². The van der Waals surface area contributed by atoms with Crippen molar-refractivity contribution in [2.45, 2.75) is 54.4 Å². The summed E-state index contributed by atoms with van der Waals surface area (Å²) in [6.45, 7) is 15.0. The van der Waals surface area contributed by atoms with Gasteiger partial charge in [0.1, 0.15) is 0 Å². The van der Waals surface area contributed by atoms with Crippen LogP contribution in [0.2, 0.25) is 0 Å². The van der Waals surface area contributed by atoms with E-state index in [1.165, 1.54) is 38.9 Å². The summed E-state index contributed by atoms with van der Waals surface area (Å²) in [5.74, 6) is 0.125. The molecule has 0 saturated carbocycles. The molecule has 0 saturated heterocycles. The summed E-state index contributed by atoms with van der Waals surface area (Å²) in [5, 5.41) is 0. The molecule has 0 radical (unpaired) electrons. The molecule has 0 aliphatic rings. The van der Waals surface area contributed by atoms with Crippen molar-refractivity contribution in [3.05, 3.63) is 111 Å². The van der Waals surface area contributed by atoms with Crippen molar-refractivity contribution in [3.63, 3.8) is 0 Å². The third kappa shape index (κ3) is 5.32. The molecule has 3 rings (SSSR count). The molecule has 0 heterocycles. The lowest BCUT2D eigenvalue weighted by Gasteiger charge is -2.19. The molecule has 31 heavy (non-hydrogen) atoms. The lowest BCUT2D eigenvalue weighted by atomic mass is 9.88. The van der Waals surface area contributed by atoms with Crippen molar-refractivity contribution in [1.29, 1.82) is 0 Å². The zero-order valence-electron chi connectivity index (χ0n) is 19.9. The first-order chi connectivity index (χ1) is 14.7. The van der Waals surface area contributed by atoms with Gasteiger partial charge in [-0.2, -0.15) is 0 Å². The Balaban J connectivity index is 2.22. The lowest BCUT2D eigenvalue weighted by Crippen LogP contribution is -2.13. The number of hydrogen-bond acceptors (Lipinski definition) is 2. The average Bonchev–Trinajstić information content (AvgIpc) is 2.69. The number of aliphatic imine (C=N–C) groups is 1. The molecule has 3 aromatic rings. The fraction of sp³-hybridized carbons (Fsp3) is 0.276. The van der Waals surface area contributed by atoms with Gasteiger partial charge in [-0.05, 0) is 64.3 Å². The standard InChI is InChI=1S/C29H34N2/c1-18-8-9-23(6)27(16-18)28(17-30)31-29(26-14-21(4)11-22(5)15-26)24(7)25-12-19(2)10-20(3)13-25/h8-17,24H,30H2,1-7H3/b28-17-,31-29?. The van der Waals surface area contributed by atoms with Gasteiger partial charge in [0.05, 0.1) is 11.4 Å². The highest BCUT2D eigenvalue weighted by atomic mass is 14.8. The van der Waals surface area contributed by atoms with E-state index in [0.717, 1.165) is 22.5 Å². The molecule has 2 heteroatoms. The number of aryl methyl sites for hydroxylation is 6. The van der Waals surface area contributed by atoms with Gasteiger partial charge in [-0.25, -0.2) is 0 Å². The Morgan fingerprint density at radius 2 is 1.29 bits per heavy atom. The van der Waals surface area contributed by atoms with Gasteiger partial charge in [0, 0.05) is 17.7 Å². The van der Waals surface area contributed by atoms with Crippen molar-refractivity contribution in [2.24, 2.45) is 10.7 Å². The first-order valence-corrected chi connectivity index (χ1v) is 10.9. The Morgan fingerprint density at radius 1 is 0.742 bits per heavy atom. The molecule has 1 atom stereocenters. The van der Waals surface area contributed by atoms with Crippen LogP contribution in [0.1, 0.15) is 62.9 Å². The fourth-order valence-electron chi connectivity index (χ4n) is 4.28. The Hall–Kier alpha value is -3.13. The van der Waals surface area contributed by atoms with Crippen LogP contribution in [-0.2, 0) is 0 Å². The maximum Gasteiger partial charge on any atom is 0.0862 e. The van der Waals surface area contributed by atoms with Crippen LogP contribution in [0.25, 0.3) is 5.70 Å². The van der Waals surface area contributed by atoms with Gasteiger partial charge in [-0.15, -0.1) is 0 Å². The van der Waals surface area contributed by atoms with E-state index in [9.17, 15) is 0 Å². The minimum Gasteiger partial charge on any atom is -0.403 e. The molecule has 0 spiro atoms. The van der Waals surface area contributed by atoms with Gasteiger partial charge in [-0.3, -0.25) is 4.99 Å². The van der Waals surface area contributed by atoms with Gasteiger partial charge in [0.25, 0.3) is 0 Å². The van der Waals surface area contributed by atoms with E-state index < -0.39 is 0 Å². The number of nitrogens with two attached hydrogens (primary N) is 1. The third-order valence-electron chi connectivity index (χ3n) is 5.74. The normalized spacial score (nSPS) is 13.4. The van der Waals surface area contributed by atoms with Gasteiger partial charge in [-0.1, -0.05) is 83.3 Å². The van der Waals surface area contributed by atoms with Gasteiger partial charge >= 0.3 is 0 Å². The second-order valence-electron chi connectivity index (χ2n) is 8.89. The minimum atomic E-state index is 0.125. The molecule has 0 aromatic heterocycles. The molecule has 3 aromatic carbocycles. The highest BCUT2D eigenvalue weighted by molar-refractivity contribution is 6.07. The van der Waals surface area contributed by atoms with E-state index in [4.69, 9.17) is 10.7 Å². The van der Waals surface area contributed by atoms with Crippen LogP contribution in [-0.4, -0.2) is 5.71 Å². The molecule has 1 unspecified atom stereocenters. The number of nitrogens with zero attached hydrogens (tertiary/aromatic N) is 1. The quantitative estimate of drug-likeness (QED) is 0.448. The smallest absolute Gasteiger partial charge is 0.0862 e. The summed E-state index contributed by atoms with van der Waals surface area (Å²) in [6.07, 6.45) is 1.64. The summed E-state index contributed by atoms with van der Waals surface area (Å²) >= 11 is 0. The van der Waals surface area contributed by atoms with Gasteiger partial charge < -0.3 is 5.73 Å². The number of rotatable bonds is 5. The monoisotopic (exact) mass is 410 g/mol. The van der Waals surface area contributed by atoms with E-state index in [2.05, 4.69) is 103 Å². The topological polar surface area (TPSA) is 38.4 Å². The highest BCUT2D eigenvalue weighted by Gasteiger charge is 2.18. The van der Waals surface area contributed by atoms with E-state index in [-0.39, 0.29) is 5.92 Å². The molecule has 2 nitrogen and oxygen atoms in total. The zero-order chi connectivity index (χ0) is 22.7. The molecule has 0 aliphatic heterocycles. The van der Waals surface area contributed by atoms with Crippen molar-refractivity contribution >= 4 is 11.4 Å². The third-order valence-corrected chi connectivity index (χ3v) is 5.74. The molecule has 0 aliphatic carbocycles. The van der Waals surface area contributed by atoms with Crippen LogP contribution in [0.5, 0.6) is 0 Å². The predicted molar refractivity (Wildman–Crippen MR) is 135 cm³/mol. The fourth-order valence-corrected chi connectivity index (χ4v) is 4.28. The second kappa shape index (κ2) is 9.34. The Labute approximate surface area is 187 Å². The van der Waals surface area contributed by atoms with Crippen molar-refractivity contribution < 1.29 is 0 Å². The van der Waals surface area contributed by atoms with Crippen LogP contribution in [0.3, 0.4) is 0 Å². The largest absolute Gasteiger partial charge is 0.403 e. The van der Waals surface area contributed by atoms with Crippen molar-refractivity contribution in [3.8, 4) is 0 Å². The van der Waals surface area contributed by atoms with Crippen LogP contribution in [0.15, 0.2) is 65.8 Å². The van der Waals surface area contributed by atoms with Gasteiger partial charge in [0.2, 0.25) is 0 Å². The molecular weight excluding hydrogens is 376 g/mol. The number of hydrogen-bond donors (Lipinski definition) is 1.